The summed E-state index contributed by atoms with van der Waals surface area (Å²) >= 11 is 7.57. The molecule has 154 valence electrons. The number of carbonyl (C=O) groups excluding carboxylic acids is 2. The fourth-order valence-corrected chi connectivity index (χ4v) is 4.34. The van der Waals surface area contributed by atoms with Crippen LogP contribution in [0.1, 0.15) is 24.8 Å². The van der Waals surface area contributed by atoms with Gasteiger partial charge in [0.15, 0.2) is 6.61 Å². The number of benzene rings is 2. The fourth-order valence-electron chi connectivity index (χ4n) is 3.17. The monoisotopic (exact) mass is 432 g/mol. The standard InChI is InChI=1S/C22H25ClN2O3S/c1-16-14-17(25-11-4-5-12-25)8-9-19(16)24-21(26)15-28-22(27)10-13-29-20-7-3-2-6-18(20)23/h2-3,6-9,14H,4-5,10-13,15H2,1H3,(H,24,26). The van der Waals surface area contributed by atoms with Gasteiger partial charge in [-0.1, -0.05) is 23.7 Å². The highest BCUT2D eigenvalue weighted by molar-refractivity contribution is 7.99. The first kappa shape index (κ1) is 21.5. The van der Waals surface area contributed by atoms with Crippen molar-refractivity contribution in [3.8, 4) is 0 Å². The molecule has 2 aromatic carbocycles. The van der Waals surface area contributed by atoms with Crippen LogP contribution in [0, 0.1) is 6.92 Å². The first-order valence-electron chi connectivity index (χ1n) is 9.71. The zero-order valence-electron chi connectivity index (χ0n) is 16.4. The zero-order valence-corrected chi connectivity index (χ0v) is 18.0. The molecule has 1 aliphatic heterocycles. The minimum absolute atomic E-state index is 0.215. The van der Waals surface area contributed by atoms with Gasteiger partial charge in [-0.05, 0) is 55.7 Å². The molecule has 1 aliphatic rings. The highest BCUT2D eigenvalue weighted by atomic mass is 35.5. The molecule has 0 saturated carbocycles. The molecular formula is C22H25ClN2O3S. The van der Waals surface area contributed by atoms with E-state index in [0.717, 1.165) is 29.2 Å². The van der Waals surface area contributed by atoms with E-state index in [0.29, 0.717) is 10.8 Å². The highest BCUT2D eigenvalue weighted by Crippen LogP contribution is 2.27. The SMILES string of the molecule is Cc1cc(N2CCCC2)ccc1NC(=O)COC(=O)CCSc1ccccc1Cl. The maximum absolute atomic E-state index is 12.1. The summed E-state index contributed by atoms with van der Waals surface area (Å²) in [6.45, 7) is 3.84. The van der Waals surface area contributed by atoms with Gasteiger partial charge < -0.3 is 15.0 Å². The average molecular weight is 433 g/mol. The summed E-state index contributed by atoms with van der Waals surface area (Å²) in [5.41, 5.74) is 2.91. The molecule has 0 aliphatic carbocycles. The summed E-state index contributed by atoms with van der Waals surface area (Å²) in [5, 5.41) is 3.48. The molecule has 7 heteroatoms. The molecule has 29 heavy (non-hydrogen) atoms. The van der Waals surface area contributed by atoms with E-state index in [1.54, 1.807) is 0 Å². The molecule has 1 saturated heterocycles. The molecule has 2 aromatic rings. The molecule has 1 heterocycles. The van der Waals surface area contributed by atoms with Gasteiger partial charge in [0.1, 0.15) is 0 Å². The van der Waals surface area contributed by atoms with Crippen LogP contribution in [0.4, 0.5) is 11.4 Å². The number of aryl methyl sites for hydroxylation is 1. The number of halogens is 1. The fraction of sp³-hybridized carbons (Fsp3) is 0.364. The third kappa shape index (κ3) is 6.41. The van der Waals surface area contributed by atoms with Crippen LogP contribution in [0.15, 0.2) is 47.4 Å². The highest BCUT2D eigenvalue weighted by Gasteiger charge is 2.14. The lowest BCUT2D eigenvalue weighted by atomic mass is 10.1. The number of hydrogen-bond acceptors (Lipinski definition) is 5. The van der Waals surface area contributed by atoms with Crippen LogP contribution in [0.2, 0.25) is 5.02 Å². The smallest absolute Gasteiger partial charge is 0.307 e. The summed E-state index contributed by atoms with van der Waals surface area (Å²) in [7, 11) is 0. The van der Waals surface area contributed by atoms with Gasteiger partial charge in [0, 0.05) is 35.1 Å². The van der Waals surface area contributed by atoms with Crippen molar-refractivity contribution in [3.05, 3.63) is 53.1 Å². The minimum atomic E-state index is -0.402. The summed E-state index contributed by atoms with van der Waals surface area (Å²) in [6.07, 6.45) is 2.66. The van der Waals surface area contributed by atoms with Crippen molar-refractivity contribution in [2.75, 3.05) is 35.7 Å². The Bertz CT molecular complexity index is 869. The number of nitrogens with one attached hydrogen (secondary N) is 1. The molecule has 0 bridgehead atoms. The van der Waals surface area contributed by atoms with Crippen molar-refractivity contribution in [3.63, 3.8) is 0 Å². The van der Waals surface area contributed by atoms with Gasteiger partial charge >= 0.3 is 5.97 Å². The van der Waals surface area contributed by atoms with Crippen LogP contribution in [-0.2, 0) is 14.3 Å². The van der Waals surface area contributed by atoms with E-state index in [4.69, 9.17) is 16.3 Å². The van der Waals surface area contributed by atoms with Crippen molar-refractivity contribution in [1.29, 1.82) is 0 Å². The number of esters is 1. The number of amides is 1. The Labute approximate surface area is 180 Å². The van der Waals surface area contributed by atoms with E-state index in [1.807, 2.05) is 43.3 Å². The van der Waals surface area contributed by atoms with Gasteiger partial charge in [0.05, 0.1) is 11.4 Å². The second-order valence-corrected chi connectivity index (χ2v) is 8.48. The second-order valence-electron chi connectivity index (χ2n) is 6.93. The molecule has 0 aromatic heterocycles. The van der Waals surface area contributed by atoms with Crippen molar-refractivity contribution in [2.24, 2.45) is 0 Å². The molecule has 3 rings (SSSR count). The van der Waals surface area contributed by atoms with E-state index in [9.17, 15) is 9.59 Å². The van der Waals surface area contributed by atoms with Crippen LogP contribution in [-0.4, -0.2) is 37.3 Å². The van der Waals surface area contributed by atoms with Gasteiger partial charge in [-0.25, -0.2) is 0 Å². The number of nitrogens with zero attached hydrogens (tertiary/aromatic N) is 1. The van der Waals surface area contributed by atoms with Crippen LogP contribution >= 0.6 is 23.4 Å². The summed E-state index contributed by atoms with van der Waals surface area (Å²) < 4.78 is 5.08. The van der Waals surface area contributed by atoms with E-state index in [1.165, 1.54) is 30.3 Å². The first-order valence-corrected chi connectivity index (χ1v) is 11.1. The number of anilines is 2. The second kappa shape index (κ2) is 10.6. The zero-order chi connectivity index (χ0) is 20.6. The summed E-state index contributed by atoms with van der Waals surface area (Å²) in [4.78, 5) is 27.3. The van der Waals surface area contributed by atoms with Gasteiger partial charge in [-0.2, -0.15) is 0 Å². The number of hydrogen-bond donors (Lipinski definition) is 1. The Balaban J connectivity index is 1.40. The largest absolute Gasteiger partial charge is 0.456 e. The van der Waals surface area contributed by atoms with E-state index >= 15 is 0 Å². The lowest BCUT2D eigenvalue weighted by molar-refractivity contribution is -0.146. The molecule has 0 spiro atoms. The maximum atomic E-state index is 12.1. The molecule has 1 amide bonds. The molecule has 5 nitrogen and oxygen atoms in total. The number of thioether (sulfide) groups is 1. The Hall–Kier alpha value is -2.18. The number of carbonyl (C=O) groups is 2. The van der Waals surface area contributed by atoms with Crippen molar-refractivity contribution >= 4 is 46.6 Å². The van der Waals surface area contributed by atoms with Gasteiger partial charge in [-0.15, -0.1) is 11.8 Å². The lowest BCUT2D eigenvalue weighted by Crippen LogP contribution is -2.22. The Morgan fingerprint density at radius 3 is 2.66 bits per heavy atom. The predicted octanol–water partition coefficient (Wildman–Crippen LogP) is 4.91. The van der Waals surface area contributed by atoms with Gasteiger partial charge in [0.25, 0.3) is 5.91 Å². The normalized spacial score (nSPS) is 13.4. The lowest BCUT2D eigenvalue weighted by Gasteiger charge is -2.19. The third-order valence-corrected chi connectivity index (χ3v) is 6.24. The third-order valence-electron chi connectivity index (χ3n) is 4.72. The van der Waals surface area contributed by atoms with Crippen LogP contribution in [0.5, 0.6) is 0 Å². The van der Waals surface area contributed by atoms with Gasteiger partial charge in [0.2, 0.25) is 0 Å². The molecule has 1 fully saturated rings. The van der Waals surface area contributed by atoms with E-state index in [-0.39, 0.29) is 18.9 Å². The minimum Gasteiger partial charge on any atom is -0.456 e. The summed E-state index contributed by atoms with van der Waals surface area (Å²) in [5.74, 6) is -0.198. The molecule has 0 atom stereocenters. The van der Waals surface area contributed by atoms with Crippen LogP contribution < -0.4 is 10.2 Å². The number of rotatable bonds is 8. The van der Waals surface area contributed by atoms with Crippen LogP contribution in [0.3, 0.4) is 0 Å². The molecule has 0 radical (unpaired) electrons. The first-order chi connectivity index (χ1) is 14.0. The number of ether oxygens (including phenoxy) is 1. The summed E-state index contributed by atoms with van der Waals surface area (Å²) in [6, 6.07) is 13.5. The molecule has 0 unspecified atom stereocenters. The molecule has 1 N–H and O–H groups in total. The average Bonchev–Trinajstić information content (AvgIpc) is 3.24. The van der Waals surface area contributed by atoms with Gasteiger partial charge in [-0.3, -0.25) is 9.59 Å². The Morgan fingerprint density at radius 2 is 1.93 bits per heavy atom. The van der Waals surface area contributed by atoms with Crippen molar-refractivity contribution in [1.82, 2.24) is 0 Å². The van der Waals surface area contributed by atoms with E-state index < -0.39 is 5.97 Å². The van der Waals surface area contributed by atoms with E-state index in [2.05, 4.69) is 16.3 Å². The molecular weight excluding hydrogens is 408 g/mol. The van der Waals surface area contributed by atoms with Crippen LogP contribution in [0.25, 0.3) is 0 Å². The predicted molar refractivity (Wildman–Crippen MR) is 119 cm³/mol. The Morgan fingerprint density at radius 1 is 1.17 bits per heavy atom. The topological polar surface area (TPSA) is 58.6 Å². The van der Waals surface area contributed by atoms with Crippen molar-refractivity contribution in [2.45, 2.75) is 31.1 Å². The quantitative estimate of drug-likeness (QED) is 0.474. The Kier molecular flexibility index (Phi) is 7.83. The van der Waals surface area contributed by atoms with Crippen molar-refractivity contribution < 1.29 is 14.3 Å². The maximum Gasteiger partial charge on any atom is 0.307 e.